The van der Waals surface area contributed by atoms with Crippen LogP contribution in [0.5, 0.6) is 0 Å². The number of hydrogen-bond donors (Lipinski definition) is 1. The highest BCUT2D eigenvalue weighted by Gasteiger charge is 2.38. The number of carbonyl (C=O) groups is 3. The van der Waals surface area contributed by atoms with E-state index in [2.05, 4.69) is 5.10 Å². The zero-order chi connectivity index (χ0) is 13.6. The molecule has 2 rings (SSSR count). The fourth-order valence-corrected chi connectivity index (χ4v) is 1.79. The zero-order valence-corrected chi connectivity index (χ0v) is 10.1. The molecule has 1 aliphatic heterocycles. The van der Waals surface area contributed by atoms with Crippen LogP contribution in [0, 0.1) is 0 Å². The van der Waals surface area contributed by atoms with Gasteiger partial charge in [0.2, 0.25) is 0 Å². The molecule has 94 valence electrons. The van der Waals surface area contributed by atoms with Gasteiger partial charge in [-0.2, -0.15) is 5.10 Å². The van der Waals surface area contributed by atoms with Crippen LogP contribution in [0.3, 0.4) is 0 Å². The van der Waals surface area contributed by atoms with E-state index in [0.29, 0.717) is 11.1 Å². The molecule has 0 aromatic carbocycles. The van der Waals surface area contributed by atoms with Crippen LogP contribution in [0.1, 0.15) is 24.2 Å². The van der Waals surface area contributed by atoms with Crippen molar-refractivity contribution in [2.24, 2.45) is 7.05 Å². The standard InChI is InChI=1S/C11H11N3O4/c1-5-6(2)10(16)14(9(5)15)8-7(11(17)18)4-12-13(8)3/h4H,1-3H3,(H,17,18). The predicted octanol–water partition coefficient (Wildman–Crippen LogP) is 0.328. The molecule has 7 nitrogen and oxygen atoms in total. The van der Waals surface area contributed by atoms with Crippen molar-refractivity contribution in [1.29, 1.82) is 0 Å². The van der Waals surface area contributed by atoms with Crippen LogP contribution in [-0.2, 0) is 16.6 Å². The second kappa shape index (κ2) is 3.80. The minimum Gasteiger partial charge on any atom is -0.477 e. The number of hydrogen-bond acceptors (Lipinski definition) is 4. The van der Waals surface area contributed by atoms with E-state index in [9.17, 15) is 14.4 Å². The number of amides is 2. The SMILES string of the molecule is CC1=C(C)C(=O)N(c2c(C(=O)O)cnn2C)C1=O. The number of carboxylic acid groups (broad SMARTS) is 1. The summed E-state index contributed by atoms with van der Waals surface area (Å²) in [6.07, 6.45) is 1.11. The number of aryl methyl sites for hydroxylation is 1. The van der Waals surface area contributed by atoms with Gasteiger partial charge in [0.05, 0.1) is 6.20 Å². The monoisotopic (exact) mass is 249 g/mol. The minimum absolute atomic E-state index is 0.0197. The van der Waals surface area contributed by atoms with Crippen molar-refractivity contribution in [2.75, 3.05) is 4.90 Å². The van der Waals surface area contributed by atoms with Gasteiger partial charge in [-0.3, -0.25) is 14.3 Å². The van der Waals surface area contributed by atoms with Gasteiger partial charge >= 0.3 is 5.97 Å². The lowest BCUT2D eigenvalue weighted by molar-refractivity contribution is -0.120. The number of rotatable bonds is 2. The Hall–Kier alpha value is -2.44. The summed E-state index contributed by atoms with van der Waals surface area (Å²) in [6, 6.07) is 0. The zero-order valence-electron chi connectivity index (χ0n) is 10.1. The van der Waals surface area contributed by atoms with Crippen molar-refractivity contribution in [3.8, 4) is 0 Å². The van der Waals surface area contributed by atoms with Crippen LogP contribution >= 0.6 is 0 Å². The smallest absolute Gasteiger partial charge is 0.341 e. The van der Waals surface area contributed by atoms with Gasteiger partial charge in [-0.1, -0.05) is 0 Å². The van der Waals surface area contributed by atoms with E-state index in [1.54, 1.807) is 0 Å². The Morgan fingerprint density at radius 3 is 2.17 bits per heavy atom. The maximum atomic E-state index is 12.0. The minimum atomic E-state index is -1.24. The lowest BCUT2D eigenvalue weighted by atomic mass is 10.2. The maximum Gasteiger partial charge on any atom is 0.341 e. The highest BCUT2D eigenvalue weighted by molar-refractivity contribution is 6.33. The molecule has 0 radical (unpaired) electrons. The molecule has 1 N–H and O–H groups in total. The number of nitrogens with zero attached hydrogens (tertiary/aromatic N) is 3. The summed E-state index contributed by atoms with van der Waals surface area (Å²) < 4.78 is 1.20. The van der Waals surface area contributed by atoms with Crippen molar-refractivity contribution in [2.45, 2.75) is 13.8 Å². The van der Waals surface area contributed by atoms with Crippen molar-refractivity contribution >= 4 is 23.6 Å². The number of aromatic nitrogens is 2. The molecule has 1 aliphatic rings. The van der Waals surface area contributed by atoms with E-state index < -0.39 is 17.8 Å². The van der Waals surface area contributed by atoms with E-state index in [0.717, 1.165) is 11.1 Å². The summed E-state index contributed by atoms with van der Waals surface area (Å²) in [5, 5.41) is 12.8. The van der Waals surface area contributed by atoms with E-state index >= 15 is 0 Å². The molecule has 2 amide bonds. The molecule has 0 saturated carbocycles. The quantitative estimate of drug-likeness (QED) is 0.762. The topological polar surface area (TPSA) is 92.5 Å². The summed E-state index contributed by atoms with van der Waals surface area (Å²) in [5.74, 6) is -2.28. The van der Waals surface area contributed by atoms with Gasteiger partial charge in [0, 0.05) is 18.2 Å². The molecule has 0 bridgehead atoms. The average Bonchev–Trinajstić information content (AvgIpc) is 2.76. The van der Waals surface area contributed by atoms with E-state index in [1.165, 1.54) is 25.6 Å². The Morgan fingerprint density at radius 2 is 1.72 bits per heavy atom. The Labute approximate surface area is 102 Å². The molecule has 0 aliphatic carbocycles. The molecule has 1 aromatic heterocycles. The van der Waals surface area contributed by atoms with E-state index in [-0.39, 0.29) is 11.4 Å². The van der Waals surface area contributed by atoms with Crippen LogP contribution in [0.2, 0.25) is 0 Å². The summed E-state index contributed by atoms with van der Waals surface area (Å²) in [4.78, 5) is 35.8. The molecule has 0 unspecified atom stereocenters. The molecular formula is C11H11N3O4. The molecule has 1 aromatic rings. The first kappa shape index (κ1) is 12.0. The first-order chi connectivity index (χ1) is 8.36. The first-order valence-electron chi connectivity index (χ1n) is 5.17. The second-order valence-corrected chi connectivity index (χ2v) is 4.01. The Morgan fingerprint density at radius 1 is 1.22 bits per heavy atom. The summed E-state index contributed by atoms with van der Waals surface area (Å²) in [7, 11) is 1.48. The van der Waals surface area contributed by atoms with Gasteiger partial charge in [0.15, 0.2) is 5.82 Å². The Kier molecular flexibility index (Phi) is 2.54. The molecule has 7 heteroatoms. The van der Waals surface area contributed by atoms with Crippen molar-refractivity contribution in [3.05, 3.63) is 22.9 Å². The molecule has 0 atom stereocenters. The molecular weight excluding hydrogens is 238 g/mol. The third-order valence-electron chi connectivity index (χ3n) is 2.96. The van der Waals surface area contributed by atoms with Crippen LogP contribution in [0.4, 0.5) is 5.82 Å². The third-order valence-corrected chi connectivity index (χ3v) is 2.96. The molecule has 0 spiro atoms. The number of carboxylic acids is 1. The van der Waals surface area contributed by atoms with Crippen LogP contribution in [0.15, 0.2) is 17.3 Å². The lowest BCUT2D eigenvalue weighted by Gasteiger charge is -2.15. The number of aromatic carboxylic acids is 1. The third kappa shape index (κ3) is 1.44. The van der Waals surface area contributed by atoms with Gasteiger partial charge in [-0.05, 0) is 13.8 Å². The van der Waals surface area contributed by atoms with Crippen LogP contribution in [0.25, 0.3) is 0 Å². The Balaban J connectivity index is 2.59. The average molecular weight is 249 g/mol. The highest BCUT2D eigenvalue weighted by Crippen LogP contribution is 2.28. The Bertz CT molecular complexity index is 588. The van der Waals surface area contributed by atoms with Gasteiger partial charge in [0.1, 0.15) is 5.56 Å². The predicted molar refractivity (Wildman–Crippen MR) is 61.0 cm³/mol. The summed E-state index contributed by atoms with van der Waals surface area (Å²) in [5.41, 5.74) is 0.455. The van der Waals surface area contributed by atoms with Crippen molar-refractivity contribution < 1.29 is 19.5 Å². The number of imide groups is 1. The highest BCUT2D eigenvalue weighted by atomic mass is 16.4. The molecule has 0 fully saturated rings. The lowest BCUT2D eigenvalue weighted by Crippen LogP contribution is -2.34. The fourth-order valence-electron chi connectivity index (χ4n) is 1.79. The number of carbonyl (C=O) groups excluding carboxylic acids is 2. The molecule has 0 saturated heterocycles. The van der Waals surface area contributed by atoms with Gasteiger partial charge in [-0.15, -0.1) is 0 Å². The maximum absolute atomic E-state index is 12.0. The molecule has 18 heavy (non-hydrogen) atoms. The summed E-state index contributed by atoms with van der Waals surface area (Å²) in [6.45, 7) is 3.07. The van der Waals surface area contributed by atoms with Gasteiger partial charge < -0.3 is 5.11 Å². The first-order valence-corrected chi connectivity index (χ1v) is 5.17. The molecule has 2 heterocycles. The number of anilines is 1. The van der Waals surface area contributed by atoms with E-state index in [1.807, 2.05) is 0 Å². The largest absolute Gasteiger partial charge is 0.477 e. The van der Waals surface area contributed by atoms with E-state index in [4.69, 9.17) is 5.11 Å². The van der Waals surface area contributed by atoms with Gasteiger partial charge in [-0.25, -0.2) is 9.69 Å². The van der Waals surface area contributed by atoms with Gasteiger partial charge in [0.25, 0.3) is 11.8 Å². The van der Waals surface area contributed by atoms with Crippen LogP contribution < -0.4 is 4.90 Å². The second-order valence-electron chi connectivity index (χ2n) is 4.01. The van der Waals surface area contributed by atoms with Crippen molar-refractivity contribution in [1.82, 2.24) is 9.78 Å². The normalized spacial score (nSPS) is 15.8. The fraction of sp³-hybridized carbons (Fsp3) is 0.273. The van der Waals surface area contributed by atoms with Crippen molar-refractivity contribution in [3.63, 3.8) is 0 Å². The summed E-state index contributed by atoms with van der Waals surface area (Å²) >= 11 is 0. The van der Waals surface area contributed by atoms with Crippen LogP contribution in [-0.4, -0.2) is 32.7 Å².